The van der Waals surface area contributed by atoms with Gasteiger partial charge in [0.15, 0.2) is 11.6 Å². The predicted molar refractivity (Wildman–Crippen MR) is 64.1 cm³/mol. The third-order valence-corrected chi connectivity index (χ3v) is 3.18. The van der Waals surface area contributed by atoms with Gasteiger partial charge in [-0.05, 0) is 19.4 Å². The number of carbonyl (C=O) groups excluding carboxylic acids is 1. The van der Waals surface area contributed by atoms with Gasteiger partial charge in [-0.2, -0.15) is 0 Å². The number of aromatic amines is 1. The molecule has 2 heterocycles. The maximum absolute atomic E-state index is 11.9. The van der Waals surface area contributed by atoms with Crippen LogP contribution in [0.1, 0.15) is 29.8 Å². The van der Waals surface area contributed by atoms with Crippen molar-refractivity contribution in [3.8, 4) is 0 Å². The number of amides is 1. The van der Waals surface area contributed by atoms with Crippen molar-refractivity contribution < 1.29 is 4.79 Å². The van der Waals surface area contributed by atoms with Crippen molar-refractivity contribution in [1.29, 1.82) is 0 Å². The lowest BCUT2D eigenvalue weighted by Crippen LogP contribution is -2.62. The van der Waals surface area contributed by atoms with Gasteiger partial charge in [0, 0.05) is 18.2 Å². The Morgan fingerprint density at radius 1 is 1.53 bits per heavy atom. The lowest BCUT2D eigenvalue weighted by Gasteiger charge is -2.39. The first-order valence-electron chi connectivity index (χ1n) is 5.39. The number of unbranched alkanes of at least 4 members (excludes halogenated alkanes) is 1. The van der Waals surface area contributed by atoms with Gasteiger partial charge in [0.2, 0.25) is 0 Å². The second-order valence-electron chi connectivity index (χ2n) is 4.01. The van der Waals surface area contributed by atoms with Gasteiger partial charge < -0.3 is 16.0 Å². The zero-order valence-electron chi connectivity index (χ0n) is 9.24. The van der Waals surface area contributed by atoms with E-state index in [-0.39, 0.29) is 5.91 Å². The first kappa shape index (κ1) is 12.2. The molecule has 0 aromatic carbocycles. The topological polar surface area (TPSA) is 113 Å². The van der Waals surface area contributed by atoms with Gasteiger partial charge in [-0.1, -0.05) is 0 Å². The number of rotatable bonds is 4. The molecule has 1 amide bonds. The van der Waals surface area contributed by atoms with Crippen LogP contribution in [0.25, 0.3) is 0 Å². The zero-order valence-corrected chi connectivity index (χ0v) is 10.00. The first-order valence-corrected chi connectivity index (χ1v) is 5.73. The number of fused-ring (bicyclic) bond motifs is 1. The minimum absolute atomic E-state index is 0.319. The molecular weight excluding hydrogens is 244 g/mol. The Morgan fingerprint density at radius 3 is 3.00 bits per heavy atom. The Balaban J connectivity index is 2.17. The van der Waals surface area contributed by atoms with E-state index in [1.54, 1.807) is 0 Å². The highest BCUT2D eigenvalue weighted by Crippen LogP contribution is 2.30. The highest BCUT2D eigenvalue weighted by molar-refractivity contribution is 6.25. The third-order valence-electron chi connectivity index (χ3n) is 2.73. The Kier molecular flexibility index (Phi) is 3.23. The van der Waals surface area contributed by atoms with E-state index in [0.717, 1.165) is 17.3 Å². The molecule has 94 valence electrons. The van der Waals surface area contributed by atoms with Crippen LogP contribution in [-0.4, -0.2) is 32.6 Å². The van der Waals surface area contributed by atoms with Crippen LogP contribution in [0, 0.1) is 0 Å². The number of hydrogen-bond donors (Lipinski definition) is 4. The molecule has 0 spiro atoms. The van der Waals surface area contributed by atoms with Gasteiger partial charge in [0.1, 0.15) is 5.69 Å². The van der Waals surface area contributed by atoms with Crippen LogP contribution in [-0.2, 0) is 0 Å². The quantitative estimate of drug-likeness (QED) is 0.454. The average molecular weight is 259 g/mol. The summed E-state index contributed by atoms with van der Waals surface area (Å²) in [6.45, 7) is 0.583. The molecule has 0 saturated heterocycles. The van der Waals surface area contributed by atoms with E-state index in [0.29, 0.717) is 24.5 Å². The number of imidazole rings is 1. The van der Waals surface area contributed by atoms with Crippen molar-refractivity contribution >= 4 is 23.5 Å². The molecule has 8 heteroatoms. The highest BCUT2D eigenvalue weighted by Gasteiger charge is 2.42. The summed E-state index contributed by atoms with van der Waals surface area (Å²) in [5.74, 6) is -1.06. The highest BCUT2D eigenvalue weighted by atomic mass is 35.5. The molecule has 1 atom stereocenters. The van der Waals surface area contributed by atoms with Crippen LogP contribution < -0.4 is 16.8 Å². The fourth-order valence-corrected chi connectivity index (χ4v) is 2.00. The van der Waals surface area contributed by atoms with Crippen molar-refractivity contribution in [1.82, 2.24) is 14.4 Å². The monoisotopic (exact) mass is 258 g/mol. The number of aromatic nitrogens is 2. The zero-order chi connectivity index (χ0) is 12.5. The van der Waals surface area contributed by atoms with Gasteiger partial charge >= 0.3 is 0 Å². The van der Waals surface area contributed by atoms with Crippen LogP contribution in [0.5, 0.6) is 0 Å². The van der Waals surface area contributed by atoms with Gasteiger partial charge in [-0.25, -0.2) is 9.40 Å². The number of carbonyl (C=O) groups is 1. The average Bonchev–Trinajstić information content (AvgIpc) is 2.74. The molecule has 6 N–H and O–H groups in total. The number of nitrogens with zero attached hydrogens (tertiary/aromatic N) is 2. The van der Waals surface area contributed by atoms with E-state index in [9.17, 15) is 4.79 Å². The van der Waals surface area contributed by atoms with Gasteiger partial charge in [0.05, 0.1) is 6.33 Å². The number of nitrogens with one attached hydrogen (secondary N) is 2. The summed E-state index contributed by atoms with van der Waals surface area (Å²) in [6.07, 6.45) is 3.53. The van der Waals surface area contributed by atoms with Crippen molar-refractivity contribution in [3.05, 3.63) is 12.0 Å². The maximum atomic E-state index is 11.9. The minimum Gasteiger partial charge on any atom is -0.339 e. The molecule has 7 nitrogen and oxygen atoms in total. The Bertz CT molecular complexity index is 421. The summed E-state index contributed by atoms with van der Waals surface area (Å²) in [5.41, 5.74) is 11.8. The Morgan fingerprint density at radius 2 is 2.29 bits per heavy atom. The molecule has 1 aliphatic rings. The number of anilines is 1. The van der Waals surface area contributed by atoms with Crippen molar-refractivity contribution in [2.75, 3.05) is 11.9 Å². The molecule has 1 aromatic rings. The normalized spacial score (nSPS) is 23.5. The number of hydrogen-bond acceptors (Lipinski definition) is 5. The molecule has 0 fully saturated rings. The van der Waals surface area contributed by atoms with Crippen LogP contribution in [0.15, 0.2) is 6.33 Å². The molecule has 2 rings (SSSR count). The largest absolute Gasteiger partial charge is 0.339 e. The molecule has 0 bridgehead atoms. The lowest BCUT2D eigenvalue weighted by atomic mass is 10.1. The molecule has 1 aromatic heterocycles. The molecule has 0 saturated carbocycles. The molecule has 1 aliphatic heterocycles. The molecule has 17 heavy (non-hydrogen) atoms. The van der Waals surface area contributed by atoms with E-state index >= 15 is 0 Å². The fourth-order valence-electron chi connectivity index (χ4n) is 1.79. The van der Waals surface area contributed by atoms with E-state index in [1.807, 2.05) is 0 Å². The summed E-state index contributed by atoms with van der Waals surface area (Å²) in [6, 6.07) is 0. The summed E-state index contributed by atoms with van der Waals surface area (Å²) in [7, 11) is 0. The number of halogens is 1. The Labute approximate surface area is 104 Å². The van der Waals surface area contributed by atoms with Gasteiger partial charge in [0.25, 0.3) is 5.91 Å². The summed E-state index contributed by atoms with van der Waals surface area (Å²) in [4.78, 5) is 18.6. The van der Waals surface area contributed by atoms with Crippen LogP contribution >= 0.6 is 11.8 Å². The summed E-state index contributed by atoms with van der Waals surface area (Å²) in [5, 5.41) is 2.96. The SMILES string of the molecule is NCCCCC1(N)Nc2nc[nH]c2C(=O)N1Cl. The molecule has 0 aliphatic carbocycles. The standard InChI is InChI=1S/C9H15ClN6O/c10-16-8(17)6-7(14-5-13-6)15-9(16,12)3-1-2-4-11/h5,15H,1-4,11-12H2,(H,13,14). The molecular formula is C9H15ClN6O. The van der Waals surface area contributed by atoms with Crippen molar-refractivity contribution in [3.63, 3.8) is 0 Å². The molecule has 0 radical (unpaired) electrons. The van der Waals surface area contributed by atoms with Crippen molar-refractivity contribution in [2.24, 2.45) is 11.5 Å². The van der Waals surface area contributed by atoms with Crippen LogP contribution in [0.2, 0.25) is 0 Å². The van der Waals surface area contributed by atoms with Crippen LogP contribution in [0.4, 0.5) is 5.82 Å². The third kappa shape index (κ3) is 2.08. The Hall–Kier alpha value is -1.31. The van der Waals surface area contributed by atoms with Crippen LogP contribution in [0.3, 0.4) is 0 Å². The molecule has 1 unspecified atom stereocenters. The predicted octanol–water partition coefficient (Wildman–Crippen LogP) is 0.173. The second-order valence-corrected chi connectivity index (χ2v) is 4.35. The fraction of sp³-hybridized carbons (Fsp3) is 0.556. The van der Waals surface area contributed by atoms with Gasteiger partial charge in [-0.15, -0.1) is 0 Å². The van der Waals surface area contributed by atoms with E-state index in [4.69, 9.17) is 23.2 Å². The van der Waals surface area contributed by atoms with Gasteiger partial charge in [-0.3, -0.25) is 10.5 Å². The second kappa shape index (κ2) is 4.52. The van der Waals surface area contributed by atoms with E-state index < -0.39 is 5.79 Å². The van der Waals surface area contributed by atoms with E-state index in [1.165, 1.54) is 6.33 Å². The lowest BCUT2D eigenvalue weighted by molar-refractivity contribution is 0.0720. The minimum atomic E-state index is -1.12. The number of H-pyrrole nitrogens is 1. The summed E-state index contributed by atoms with van der Waals surface area (Å²) < 4.78 is 0.976. The van der Waals surface area contributed by atoms with E-state index in [2.05, 4.69) is 15.3 Å². The maximum Gasteiger partial charge on any atom is 0.291 e. The summed E-state index contributed by atoms with van der Waals surface area (Å²) >= 11 is 5.96. The van der Waals surface area contributed by atoms with Crippen molar-refractivity contribution in [2.45, 2.75) is 25.0 Å². The number of nitrogens with two attached hydrogens (primary N) is 2. The first-order chi connectivity index (χ1) is 8.08. The smallest absolute Gasteiger partial charge is 0.291 e.